The van der Waals surface area contributed by atoms with E-state index < -0.39 is 0 Å². The quantitative estimate of drug-likeness (QED) is 0.817. The molecule has 112 valence electrons. The van der Waals surface area contributed by atoms with Crippen LogP contribution in [0.2, 0.25) is 0 Å². The lowest BCUT2D eigenvalue weighted by atomic mass is 9.69. The summed E-state index contributed by atoms with van der Waals surface area (Å²) in [6.07, 6.45) is 7.63. The van der Waals surface area contributed by atoms with Crippen LogP contribution in [0.25, 0.3) is 0 Å². The first-order chi connectivity index (χ1) is 8.86. The Morgan fingerprint density at radius 2 is 2.00 bits per heavy atom. The van der Waals surface area contributed by atoms with Crippen LogP contribution in [0.5, 0.6) is 0 Å². The Labute approximate surface area is 122 Å². The second-order valence-electron chi connectivity index (χ2n) is 6.76. The standard InChI is InChI=1S/C15H30N2OS/c1-15(2,3)11-7-5-6-8-13(11)17-14(18)12(16)9-10-19-4/h11-13H,5-10,16H2,1-4H3,(H,17,18)/t11?,12-,13?/m0/s1. The van der Waals surface area contributed by atoms with Crippen molar-refractivity contribution in [2.24, 2.45) is 17.1 Å². The third-order valence-corrected chi connectivity index (χ3v) is 4.82. The number of carbonyl (C=O) groups is 1. The Morgan fingerprint density at radius 1 is 1.37 bits per heavy atom. The van der Waals surface area contributed by atoms with Crippen molar-refractivity contribution in [1.82, 2.24) is 5.32 Å². The number of hydrogen-bond acceptors (Lipinski definition) is 3. The van der Waals surface area contributed by atoms with Crippen molar-refractivity contribution in [2.75, 3.05) is 12.0 Å². The molecule has 1 aliphatic carbocycles. The summed E-state index contributed by atoms with van der Waals surface area (Å²) in [6.45, 7) is 6.82. The van der Waals surface area contributed by atoms with Crippen LogP contribution in [-0.2, 0) is 4.79 Å². The monoisotopic (exact) mass is 286 g/mol. The van der Waals surface area contributed by atoms with Crippen molar-refractivity contribution in [2.45, 2.75) is 65.0 Å². The van der Waals surface area contributed by atoms with E-state index in [1.165, 1.54) is 19.3 Å². The lowest BCUT2D eigenvalue weighted by molar-refractivity contribution is -0.124. The zero-order chi connectivity index (χ0) is 14.5. The van der Waals surface area contributed by atoms with E-state index in [0.29, 0.717) is 12.0 Å². The van der Waals surface area contributed by atoms with E-state index in [1.807, 2.05) is 6.26 Å². The van der Waals surface area contributed by atoms with Crippen molar-refractivity contribution in [3.63, 3.8) is 0 Å². The summed E-state index contributed by atoms with van der Waals surface area (Å²) in [7, 11) is 0. The van der Waals surface area contributed by atoms with Gasteiger partial charge in [-0.2, -0.15) is 11.8 Å². The molecule has 0 aromatic heterocycles. The number of rotatable bonds is 5. The first-order valence-corrected chi connectivity index (χ1v) is 8.80. The van der Waals surface area contributed by atoms with Crippen molar-refractivity contribution < 1.29 is 4.79 Å². The predicted octanol–water partition coefficient (Wildman–Crippen LogP) is 2.79. The van der Waals surface area contributed by atoms with Gasteiger partial charge in [-0.15, -0.1) is 0 Å². The van der Waals surface area contributed by atoms with Crippen molar-refractivity contribution in [1.29, 1.82) is 0 Å². The SMILES string of the molecule is CSCC[C@H](N)C(=O)NC1CCCCC1C(C)(C)C. The van der Waals surface area contributed by atoms with E-state index >= 15 is 0 Å². The summed E-state index contributed by atoms with van der Waals surface area (Å²) in [5.41, 5.74) is 6.20. The molecule has 0 saturated heterocycles. The smallest absolute Gasteiger partial charge is 0.237 e. The Kier molecular flexibility index (Phi) is 6.67. The van der Waals surface area contributed by atoms with Crippen molar-refractivity contribution >= 4 is 17.7 Å². The molecule has 3 atom stereocenters. The maximum Gasteiger partial charge on any atom is 0.237 e. The number of amides is 1. The second-order valence-corrected chi connectivity index (χ2v) is 7.75. The zero-order valence-electron chi connectivity index (χ0n) is 12.9. The summed E-state index contributed by atoms with van der Waals surface area (Å²) in [5, 5.41) is 3.21. The van der Waals surface area contributed by atoms with E-state index in [4.69, 9.17) is 5.73 Å². The summed E-state index contributed by atoms with van der Waals surface area (Å²) in [5.74, 6) is 1.55. The predicted molar refractivity (Wildman–Crippen MR) is 84.3 cm³/mol. The fourth-order valence-corrected chi connectivity index (χ4v) is 3.50. The maximum absolute atomic E-state index is 12.1. The molecule has 0 bridgehead atoms. The average molecular weight is 286 g/mol. The van der Waals surface area contributed by atoms with E-state index in [2.05, 4.69) is 26.1 Å². The first kappa shape index (κ1) is 16.8. The molecule has 0 aliphatic heterocycles. The highest BCUT2D eigenvalue weighted by atomic mass is 32.2. The van der Waals surface area contributed by atoms with Crippen LogP contribution in [0.4, 0.5) is 0 Å². The minimum Gasteiger partial charge on any atom is -0.352 e. The number of nitrogens with one attached hydrogen (secondary N) is 1. The zero-order valence-corrected chi connectivity index (χ0v) is 13.7. The largest absolute Gasteiger partial charge is 0.352 e. The lowest BCUT2D eigenvalue weighted by Gasteiger charge is -2.41. The van der Waals surface area contributed by atoms with Crippen molar-refractivity contribution in [3.8, 4) is 0 Å². The first-order valence-electron chi connectivity index (χ1n) is 7.41. The Morgan fingerprint density at radius 3 is 2.58 bits per heavy atom. The summed E-state index contributed by atoms with van der Waals surface area (Å²) in [4.78, 5) is 12.1. The topological polar surface area (TPSA) is 55.1 Å². The van der Waals surface area contributed by atoms with Crippen LogP contribution >= 0.6 is 11.8 Å². The molecule has 0 spiro atoms. The molecule has 0 radical (unpaired) electrons. The molecule has 1 saturated carbocycles. The number of hydrogen-bond donors (Lipinski definition) is 2. The highest BCUT2D eigenvalue weighted by Crippen LogP contribution is 2.37. The molecule has 3 N–H and O–H groups in total. The fourth-order valence-electron chi connectivity index (χ4n) is 3.01. The third-order valence-electron chi connectivity index (χ3n) is 4.18. The Bertz CT molecular complexity index is 288. The van der Waals surface area contributed by atoms with Gasteiger partial charge in [0.2, 0.25) is 5.91 Å². The highest BCUT2D eigenvalue weighted by Gasteiger charge is 2.35. The molecule has 0 aromatic carbocycles. The van der Waals surface area contributed by atoms with Crippen LogP contribution in [0.3, 0.4) is 0 Å². The molecule has 4 heteroatoms. The molecule has 1 fully saturated rings. The van der Waals surface area contributed by atoms with Gasteiger partial charge >= 0.3 is 0 Å². The minimum absolute atomic E-state index is 0.0372. The summed E-state index contributed by atoms with van der Waals surface area (Å²) in [6, 6.07) is -0.0448. The molecule has 2 unspecified atom stereocenters. The van der Waals surface area contributed by atoms with Crippen molar-refractivity contribution in [3.05, 3.63) is 0 Å². The minimum atomic E-state index is -0.352. The molecule has 1 amide bonds. The van der Waals surface area contributed by atoms with Crippen LogP contribution in [-0.4, -0.2) is 30.0 Å². The van der Waals surface area contributed by atoms with E-state index in [9.17, 15) is 4.79 Å². The molecule has 1 aliphatic rings. The van der Waals surface area contributed by atoms with Gasteiger partial charge in [-0.1, -0.05) is 33.6 Å². The van der Waals surface area contributed by atoms with Gasteiger partial charge in [-0.3, -0.25) is 4.79 Å². The van der Waals surface area contributed by atoms with Gasteiger partial charge < -0.3 is 11.1 Å². The number of carbonyl (C=O) groups excluding carboxylic acids is 1. The van der Waals surface area contributed by atoms with Gasteiger partial charge in [0.25, 0.3) is 0 Å². The Balaban J connectivity index is 2.55. The van der Waals surface area contributed by atoms with Crippen LogP contribution < -0.4 is 11.1 Å². The molecule has 1 rings (SSSR count). The molecule has 3 nitrogen and oxygen atoms in total. The van der Waals surface area contributed by atoms with Crippen LogP contribution in [0, 0.1) is 11.3 Å². The lowest BCUT2D eigenvalue weighted by Crippen LogP contribution is -2.51. The highest BCUT2D eigenvalue weighted by molar-refractivity contribution is 7.98. The number of nitrogens with two attached hydrogens (primary N) is 1. The molecule has 0 aromatic rings. The number of thioether (sulfide) groups is 1. The van der Waals surface area contributed by atoms with E-state index in [0.717, 1.165) is 18.6 Å². The van der Waals surface area contributed by atoms with Crippen LogP contribution in [0.1, 0.15) is 52.9 Å². The summed E-state index contributed by atoms with van der Waals surface area (Å²) < 4.78 is 0. The molecular weight excluding hydrogens is 256 g/mol. The molecule has 19 heavy (non-hydrogen) atoms. The Hall–Kier alpha value is -0.220. The van der Waals surface area contributed by atoms with E-state index in [-0.39, 0.29) is 17.4 Å². The molecule has 0 heterocycles. The molecular formula is C15H30N2OS. The van der Waals surface area contributed by atoms with Gasteiger partial charge in [-0.05, 0) is 42.6 Å². The second kappa shape index (κ2) is 7.53. The van der Waals surface area contributed by atoms with Gasteiger partial charge in [-0.25, -0.2) is 0 Å². The van der Waals surface area contributed by atoms with E-state index in [1.54, 1.807) is 11.8 Å². The van der Waals surface area contributed by atoms with Crippen LogP contribution in [0.15, 0.2) is 0 Å². The maximum atomic E-state index is 12.1. The average Bonchev–Trinajstić information content (AvgIpc) is 2.35. The van der Waals surface area contributed by atoms with Gasteiger partial charge in [0, 0.05) is 6.04 Å². The van der Waals surface area contributed by atoms with Gasteiger partial charge in [0.15, 0.2) is 0 Å². The van der Waals surface area contributed by atoms with Gasteiger partial charge in [0.05, 0.1) is 6.04 Å². The summed E-state index contributed by atoms with van der Waals surface area (Å²) >= 11 is 1.74. The van der Waals surface area contributed by atoms with Gasteiger partial charge in [0.1, 0.15) is 0 Å². The fraction of sp³-hybridized carbons (Fsp3) is 0.933. The third kappa shape index (κ3) is 5.35. The normalized spacial score (nSPS) is 25.9.